The number of hydrogen-bond acceptors (Lipinski definition) is 11. The lowest BCUT2D eigenvalue weighted by atomic mass is 9.85. The number of para-hydroxylation sites is 1. The molecule has 328 valence electrons. The minimum absolute atomic E-state index is 0.0189. The summed E-state index contributed by atoms with van der Waals surface area (Å²) >= 11 is 6.35. The molecule has 0 spiro atoms. The van der Waals surface area contributed by atoms with Crippen LogP contribution in [0.1, 0.15) is 73.6 Å². The number of pyridine rings is 1. The Morgan fingerprint density at radius 2 is 1.69 bits per heavy atom. The quantitative estimate of drug-likeness (QED) is 0.175. The van der Waals surface area contributed by atoms with Gasteiger partial charge >= 0.3 is 28.8 Å². The molecule has 4 N–H and O–H groups in total. The van der Waals surface area contributed by atoms with Gasteiger partial charge in [-0.3, -0.25) is 18.6 Å². The second-order valence-corrected chi connectivity index (χ2v) is 18.1. The summed E-state index contributed by atoms with van der Waals surface area (Å²) in [6.07, 6.45) is -12.0. The third kappa shape index (κ3) is 10.9. The minimum atomic E-state index is -4.98. The minimum Gasteiger partial charge on any atom is -0.488 e. The summed E-state index contributed by atoms with van der Waals surface area (Å²) < 4.78 is 123. The molecule has 3 fully saturated rings. The van der Waals surface area contributed by atoms with E-state index in [2.05, 4.69) is 25.7 Å². The number of likely N-dealkylation sites (tertiary alicyclic amines) is 1. The van der Waals surface area contributed by atoms with Crippen LogP contribution in [0.15, 0.2) is 24.3 Å². The Hall–Kier alpha value is -4.31. The molecule has 2 aromatic rings. The number of carbonyl (C=O) groups excluding carboxylic acids is 4. The van der Waals surface area contributed by atoms with Gasteiger partial charge in [0.25, 0.3) is 5.91 Å². The molecule has 0 radical (unpaired) electrons. The maximum Gasteiger partial charge on any atom is 0.427 e. The topological polar surface area (TPSA) is 194 Å². The van der Waals surface area contributed by atoms with Crippen LogP contribution in [-0.2, 0) is 33.6 Å². The highest BCUT2D eigenvalue weighted by atomic mass is 35.5. The molecule has 0 bridgehead atoms. The molecule has 1 aromatic carbocycles. The van der Waals surface area contributed by atoms with E-state index in [9.17, 15) is 53.9 Å². The van der Waals surface area contributed by atoms with Gasteiger partial charge in [-0.05, 0) is 56.6 Å². The lowest BCUT2D eigenvalue weighted by molar-refractivity contribution is -0.244. The Balaban J connectivity index is 1.48. The zero-order valence-corrected chi connectivity index (χ0v) is 34.3. The maximum atomic E-state index is 14.5. The van der Waals surface area contributed by atoms with Crippen LogP contribution < -0.4 is 25.4 Å². The molecule has 1 aromatic heterocycles. The maximum absolute atomic E-state index is 14.5. The van der Waals surface area contributed by atoms with Crippen molar-refractivity contribution in [3.8, 4) is 5.75 Å². The van der Waals surface area contributed by atoms with Crippen LogP contribution >= 0.6 is 11.6 Å². The molecule has 2 aliphatic carbocycles. The fraction of sp³-hybridized carbons (Fsp3) is 0.639. The van der Waals surface area contributed by atoms with E-state index in [0.29, 0.717) is 33.1 Å². The highest BCUT2D eigenvalue weighted by Crippen LogP contribution is 2.47. The van der Waals surface area contributed by atoms with Crippen molar-refractivity contribution in [2.75, 3.05) is 18.4 Å². The van der Waals surface area contributed by atoms with E-state index >= 15 is 0 Å². The van der Waals surface area contributed by atoms with E-state index in [1.807, 2.05) is 4.72 Å². The van der Waals surface area contributed by atoms with Gasteiger partial charge in [0.2, 0.25) is 17.4 Å². The molecular formula is C36H45ClF6N6O9S. The number of halogens is 7. The monoisotopic (exact) mass is 886 g/mol. The van der Waals surface area contributed by atoms with E-state index in [-0.39, 0.29) is 40.3 Å². The molecule has 4 amide bonds. The molecule has 59 heavy (non-hydrogen) atoms. The van der Waals surface area contributed by atoms with Crippen molar-refractivity contribution in [3.63, 3.8) is 0 Å². The number of anilines is 1. The SMILES string of the molecule is CC[C@@H]1C[C@]1(NC(=O)[C@@H]1C[C@@H](Oc2cc(NCC(F)(F)F)nc3c(Cl)cccc23)CN1C(=O)[C@@H](NC(=O)OC(C)(C)C(F)(F)F)C(C)(C)C)C(=O)NS(=O)(=O)OC1CC1. The van der Waals surface area contributed by atoms with Gasteiger partial charge in [-0.25, -0.2) is 14.5 Å². The molecule has 2 saturated carbocycles. The van der Waals surface area contributed by atoms with E-state index in [4.69, 9.17) is 20.5 Å². The van der Waals surface area contributed by atoms with Gasteiger partial charge in [-0.15, -0.1) is 0 Å². The molecule has 1 aliphatic heterocycles. The molecule has 0 unspecified atom stereocenters. The number of nitrogens with one attached hydrogen (secondary N) is 4. The average Bonchev–Trinajstić information content (AvgIpc) is 4.00. The van der Waals surface area contributed by atoms with Crippen molar-refractivity contribution in [1.82, 2.24) is 25.2 Å². The first-order valence-electron chi connectivity index (χ1n) is 18.6. The first-order valence-corrected chi connectivity index (χ1v) is 20.3. The highest BCUT2D eigenvalue weighted by Gasteiger charge is 2.62. The summed E-state index contributed by atoms with van der Waals surface area (Å²) in [5, 5.41) is 7.29. The summed E-state index contributed by atoms with van der Waals surface area (Å²) in [6, 6.07) is 2.53. The molecule has 1 saturated heterocycles. The summed E-state index contributed by atoms with van der Waals surface area (Å²) in [5.74, 6) is -3.85. The third-order valence-corrected chi connectivity index (χ3v) is 11.4. The molecule has 5 atom stereocenters. The van der Waals surface area contributed by atoms with Crippen LogP contribution in [-0.4, -0.2) is 103 Å². The summed E-state index contributed by atoms with van der Waals surface area (Å²) in [5.41, 5.74) is -5.88. The number of amides is 4. The van der Waals surface area contributed by atoms with Crippen LogP contribution in [0.3, 0.4) is 0 Å². The zero-order chi connectivity index (χ0) is 44.1. The number of fused-ring (bicyclic) bond motifs is 1. The Labute approximate surface area is 340 Å². The van der Waals surface area contributed by atoms with Crippen molar-refractivity contribution in [2.24, 2.45) is 11.3 Å². The number of rotatable bonds is 14. The second kappa shape index (κ2) is 16.3. The normalized spacial score (nSPS) is 23.0. The Bertz CT molecular complexity index is 2080. The molecule has 23 heteroatoms. The predicted octanol–water partition coefficient (Wildman–Crippen LogP) is 5.52. The highest BCUT2D eigenvalue weighted by molar-refractivity contribution is 7.85. The van der Waals surface area contributed by atoms with Crippen LogP contribution in [0.4, 0.5) is 37.0 Å². The molecular weight excluding hydrogens is 842 g/mol. The van der Waals surface area contributed by atoms with Crippen LogP contribution in [0.2, 0.25) is 5.02 Å². The molecule has 15 nitrogen and oxygen atoms in total. The average molecular weight is 887 g/mol. The smallest absolute Gasteiger partial charge is 0.427 e. The van der Waals surface area contributed by atoms with Gasteiger partial charge < -0.3 is 30.3 Å². The number of carbonyl (C=O) groups is 4. The van der Waals surface area contributed by atoms with Crippen molar-refractivity contribution >= 4 is 62.4 Å². The second-order valence-electron chi connectivity index (χ2n) is 16.4. The number of aromatic nitrogens is 1. The van der Waals surface area contributed by atoms with Crippen molar-refractivity contribution in [3.05, 3.63) is 29.3 Å². The predicted molar refractivity (Wildman–Crippen MR) is 199 cm³/mol. The van der Waals surface area contributed by atoms with Gasteiger partial charge in [-0.1, -0.05) is 51.8 Å². The van der Waals surface area contributed by atoms with Crippen LogP contribution in [0.25, 0.3) is 10.9 Å². The van der Waals surface area contributed by atoms with Crippen LogP contribution in [0.5, 0.6) is 5.75 Å². The van der Waals surface area contributed by atoms with Gasteiger partial charge in [0.1, 0.15) is 41.8 Å². The molecule has 5 rings (SSSR count). The van der Waals surface area contributed by atoms with Crippen molar-refractivity contribution in [1.29, 1.82) is 0 Å². The lowest BCUT2D eigenvalue weighted by Gasteiger charge is -2.36. The number of ether oxygens (including phenoxy) is 2. The number of nitrogens with zero attached hydrogens (tertiary/aromatic N) is 2. The first kappa shape index (κ1) is 45.8. The van der Waals surface area contributed by atoms with Gasteiger partial charge in [0.05, 0.1) is 23.2 Å². The Morgan fingerprint density at radius 1 is 1.03 bits per heavy atom. The standard InChI is InChI=1S/C36H45ClF6N6O9S/c1-7-18-15-34(18,30(52)48-59(54,55)58-19-11-12-19)47-28(50)23-13-20(56-24-14-25(44-17-35(38,39)40)45-26-21(24)9-8-10-22(26)37)16-49(23)29(51)27(32(2,3)4)46-31(53)57-33(5,6)36(41,42)43/h8-10,14,18-20,23,27H,7,11-13,15-17H2,1-6H3,(H,44,45)(H,46,53)(H,47,50)(H,48,52)/t18-,20-,23+,27-,34-/m1/s1. The summed E-state index contributed by atoms with van der Waals surface area (Å²) in [6.45, 7) is 5.51. The Kier molecular flexibility index (Phi) is 12.6. The van der Waals surface area contributed by atoms with E-state index < -0.39 is 106 Å². The lowest BCUT2D eigenvalue weighted by Crippen LogP contribution is -2.60. The zero-order valence-electron chi connectivity index (χ0n) is 32.8. The van der Waals surface area contributed by atoms with E-state index in [1.54, 1.807) is 6.92 Å². The first-order chi connectivity index (χ1) is 27.1. The summed E-state index contributed by atoms with van der Waals surface area (Å²) in [4.78, 5) is 60.4. The number of benzene rings is 1. The Morgan fingerprint density at radius 3 is 2.25 bits per heavy atom. The molecule has 3 aliphatic rings. The van der Waals surface area contributed by atoms with E-state index in [0.717, 1.165) is 4.90 Å². The van der Waals surface area contributed by atoms with E-state index in [1.165, 1.54) is 45.0 Å². The number of alkyl halides is 6. The fourth-order valence-electron chi connectivity index (χ4n) is 6.55. The van der Waals surface area contributed by atoms with Crippen molar-refractivity contribution in [2.45, 2.75) is 121 Å². The fourth-order valence-corrected chi connectivity index (χ4v) is 7.78. The number of alkyl carbamates (subject to hydrolysis) is 1. The summed E-state index contributed by atoms with van der Waals surface area (Å²) in [7, 11) is -4.55. The third-order valence-electron chi connectivity index (χ3n) is 10.1. The van der Waals surface area contributed by atoms with Gasteiger partial charge in [0.15, 0.2) is 0 Å². The van der Waals surface area contributed by atoms with Gasteiger partial charge in [0, 0.05) is 17.9 Å². The molecule has 2 heterocycles. The largest absolute Gasteiger partial charge is 0.488 e. The van der Waals surface area contributed by atoms with Crippen molar-refractivity contribution < 1.29 is 67.6 Å². The van der Waals surface area contributed by atoms with Gasteiger partial charge in [-0.2, -0.15) is 34.8 Å². The van der Waals surface area contributed by atoms with Crippen LogP contribution in [0, 0.1) is 11.3 Å². The number of hydrogen-bond donors (Lipinski definition) is 4.